The zero-order valence-electron chi connectivity index (χ0n) is 11.9. The molecule has 0 aliphatic heterocycles. The van der Waals surface area contributed by atoms with Crippen LogP contribution in [-0.2, 0) is 6.54 Å². The molecule has 0 bridgehead atoms. The number of hydrogen-bond donors (Lipinski definition) is 2. The molecule has 0 aromatic heterocycles. The van der Waals surface area contributed by atoms with E-state index in [1.165, 1.54) is 6.07 Å². The molecule has 21 heavy (non-hydrogen) atoms. The van der Waals surface area contributed by atoms with Crippen LogP contribution < -0.4 is 15.8 Å². The lowest BCUT2D eigenvalue weighted by atomic mass is 10.1. The first kappa shape index (κ1) is 14.8. The third kappa shape index (κ3) is 3.51. The van der Waals surface area contributed by atoms with Gasteiger partial charge in [0.1, 0.15) is 11.6 Å². The molecule has 0 spiro atoms. The van der Waals surface area contributed by atoms with E-state index in [1.54, 1.807) is 38.3 Å². The minimum atomic E-state index is -0.392. The number of rotatable bonds is 4. The molecule has 5 heteroatoms. The maximum atomic E-state index is 13.4. The van der Waals surface area contributed by atoms with Crippen LogP contribution in [-0.4, -0.2) is 13.0 Å². The molecule has 0 aliphatic rings. The van der Waals surface area contributed by atoms with E-state index < -0.39 is 5.82 Å². The molecule has 2 aromatic rings. The van der Waals surface area contributed by atoms with Crippen LogP contribution in [0.3, 0.4) is 0 Å². The molecule has 0 unspecified atom stereocenters. The Bertz CT molecular complexity index is 671. The molecule has 110 valence electrons. The van der Waals surface area contributed by atoms with E-state index >= 15 is 0 Å². The van der Waals surface area contributed by atoms with Crippen LogP contribution in [0.2, 0.25) is 0 Å². The van der Waals surface area contributed by atoms with Gasteiger partial charge in [0.05, 0.1) is 12.8 Å². The highest BCUT2D eigenvalue weighted by molar-refractivity contribution is 5.94. The van der Waals surface area contributed by atoms with Gasteiger partial charge in [0.25, 0.3) is 5.91 Å². The topological polar surface area (TPSA) is 64.3 Å². The summed E-state index contributed by atoms with van der Waals surface area (Å²) in [5.74, 6) is -0.134. The summed E-state index contributed by atoms with van der Waals surface area (Å²) in [4.78, 5) is 12.0. The first-order valence-corrected chi connectivity index (χ1v) is 6.48. The van der Waals surface area contributed by atoms with E-state index in [9.17, 15) is 9.18 Å². The number of hydrogen-bond acceptors (Lipinski definition) is 3. The number of benzene rings is 2. The average molecular weight is 288 g/mol. The Morgan fingerprint density at radius 3 is 2.67 bits per heavy atom. The number of ether oxygens (including phenoxy) is 1. The zero-order valence-corrected chi connectivity index (χ0v) is 11.9. The molecule has 4 nitrogen and oxygen atoms in total. The van der Waals surface area contributed by atoms with Crippen molar-refractivity contribution < 1.29 is 13.9 Å². The predicted octanol–water partition coefficient (Wildman–Crippen LogP) is 2.65. The fourth-order valence-electron chi connectivity index (χ4n) is 1.91. The number of amides is 1. The minimum Gasteiger partial charge on any atom is -0.495 e. The summed E-state index contributed by atoms with van der Waals surface area (Å²) in [5, 5.41) is 2.72. The molecule has 1 amide bonds. The zero-order chi connectivity index (χ0) is 15.4. The van der Waals surface area contributed by atoms with Crippen molar-refractivity contribution in [1.82, 2.24) is 5.32 Å². The Kier molecular flexibility index (Phi) is 4.42. The van der Waals surface area contributed by atoms with Crippen molar-refractivity contribution in [2.24, 2.45) is 0 Å². The molecular formula is C16H17FN2O2. The van der Waals surface area contributed by atoms with Crippen molar-refractivity contribution in [3.63, 3.8) is 0 Å². The molecule has 0 saturated carbocycles. The Hall–Kier alpha value is -2.56. The highest BCUT2D eigenvalue weighted by Gasteiger charge is 2.08. The fraction of sp³-hybridized carbons (Fsp3) is 0.188. The minimum absolute atomic E-state index is 0.291. The van der Waals surface area contributed by atoms with Gasteiger partial charge in [-0.2, -0.15) is 0 Å². The van der Waals surface area contributed by atoms with Crippen molar-refractivity contribution in [2.75, 3.05) is 12.8 Å². The normalized spacial score (nSPS) is 10.2. The highest BCUT2D eigenvalue weighted by atomic mass is 19.1. The first-order chi connectivity index (χ1) is 10.0. The van der Waals surface area contributed by atoms with E-state index in [1.807, 2.05) is 6.07 Å². The maximum Gasteiger partial charge on any atom is 0.251 e. The number of nitrogens with one attached hydrogen (secondary N) is 1. The monoisotopic (exact) mass is 288 g/mol. The van der Waals surface area contributed by atoms with Gasteiger partial charge in [-0.3, -0.25) is 4.79 Å². The number of carbonyl (C=O) groups is 1. The second kappa shape index (κ2) is 6.26. The molecule has 2 aromatic carbocycles. The predicted molar refractivity (Wildman–Crippen MR) is 79.7 cm³/mol. The molecular weight excluding hydrogens is 271 g/mol. The second-order valence-electron chi connectivity index (χ2n) is 4.72. The van der Waals surface area contributed by atoms with Gasteiger partial charge in [-0.25, -0.2) is 4.39 Å². The van der Waals surface area contributed by atoms with E-state index in [0.29, 0.717) is 29.1 Å². The summed E-state index contributed by atoms with van der Waals surface area (Å²) in [5.41, 5.74) is 7.95. The molecule has 3 N–H and O–H groups in total. The molecule has 0 aliphatic carbocycles. The van der Waals surface area contributed by atoms with Gasteiger partial charge in [0.2, 0.25) is 0 Å². The highest BCUT2D eigenvalue weighted by Crippen LogP contribution is 2.21. The average Bonchev–Trinajstić information content (AvgIpc) is 2.47. The summed E-state index contributed by atoms with van der Waals surface area (Å²) in [6.07, 6.45) is 0. The summed E-state index contributed by atoms with van der Waals surface area (Å²) in [6, 6.07) is 9.68. The molecule has 0 atom stereocenters. The van der Waals surface area contributed by atoms with Crippen LogP contribution in [0.25, 0.3) is 0 Å². The van der Waals surface area contributed by atoms with Gasteiger partial charge in [-0.05, 0) is 42.3 Å². The summed E-state index contributed by atoms with van der Waals surface area (Å²) in [7, 11) is 1.54. The van der Waals surface area contributed by atoms with Crippen molar-refractivity contribution in [3.8, 4) is 5.75 Å². The number of carbonyl (C=O) groups excluding carboxylic acids is 1. The second-order valence-corrected chi connectivity index (χ2v) is 4.72. The number of aryl methyl sites for hydroxylation is 1. The number of methoxy groups -OCH3 is 1. The lowest BCUT2D eigenvalue weighted by molar-refractivity contribution is 0.0950. The van der Waals surface area contributed by atoms with Crippen molar-refractivity contribution in [3.05, 3.63) is 58.9 Å². The Balaban J connectivity index is 2.03. The van der Waals surface area contributed by atoms with E-state index in [0.717, 1.165) is 5.56 Å². The van der Waals surface area contributed by atoms with Crippen LogP contribution >= 0.6 is 0 Å². The number of nitrogens with two attached hydrogens (primary N) is 1. The van der Waals surface area contributed by atoms with E-state index in [4.69, 9.17) is 10.5 Å². The van der Waals surface area contributed by atoms with Crippen LogP contribution in [0.1, 0.15) is 21.5 Å². The molecule has 0 radical (unpaired) electrons. The van der Waals surface area contributed by atoms with Gasteiger partial charge in [-0.1, -0.05) is 12.1 Å². The summed E-state index contributed by atoms with van der Waals surface area (Å²) < 4.78 is 18.5. The van der Waals surface area contributed by atoms with E-state index in [-0.39, 0.29) is 5.91 Å². The van der Waals surface area contributed by atoms with Crippen molar-refractivity contribution in [2.45, 2.75) is 13.5 Å². The Labute approximate surface area is 122 Å². The first-order valence-electron chi connectivity index (χ1n) is 6.48. The fourth-order valence-corrected chi connectivity index (χ4v) is 1.91. The quantitative estimate of drug-likeness (QED) is 0.850. The van der Waals surface area contributed by atoms with Crippen molar-refractivity contribution in [1.29, 1.82) is 0 Å². The van der Waals surface area contributed by atoms with Gasteiger partial charge < -0.3 is 15.8 Å². The largest absolute Gasteiger partial charge is 0.495 e. The lowest BCUT2D eigenvalue weighted by Crippen LogP contribution is -2.23. The van der Waals surface area contributed by atoms with Gasteiger partial charge in [0.15, 0.2) is 0 Å². The maximum absolute atomic E-state index is 13.4. The van der Waals surface area contributed by atoms with Gasteiger partial charge >= 0.3 is 0 Å². The Morgan fingerprint density at radius 1 is 1.29 bits per heavy atom. The molecule has 0 fully saturated rings. The van der Waals surface area contributed by atoms with Crippen LogP contribution in [0.4, 0.5) is 10.1 Å². The summed E-state index contributed by atoms with van der Waals surface area (Å²) >= 11 is 0. The number of anilines is 1. The number of halogens is 1. The summed E-state index contributed by atoms with van der Waals surface area (Å²) in [6.45, 7) is 1.96. The van der Waals surface area contributed by atoms with Gasteiger partial charge in [-0.15, -0.1) is 0 Å². The third-order valence-electron chi connectivity index (χ3n) is 3.18. The van der Waals surface area contributed by atoms with E-state index in [2.05, 4.69) is 5.32 Å². The smallest absolute Gasteiger partial charge is 0.251 e. The molecule has 0 heterocycles. The molecule has 2 rings (SSSR count). The SMILES string of the molecule is COc1ccc(CNC(=O)c2ccc(C)c(F)c2)cc1N. The van der Waals surface area contributed by atoms with Crippen LogP contribution in [0.5, 0.6) is 5.75 Å². The molecule has 0 saturated heterocycles. The van der Waals surface area contributed by atoms with Crippen LogP contribution in [0, 0.1) is 12.7 Å². The van der Waals surface area contributed by atoms with Gasteiger partial charge in [0, 0.05) is 12.1 Å². The lowest BCUT2D eigenvalue weighted by Gasteiger charge is -2.09. The standard InChI is InChI=1S/C16H17FN2O2/c1-10-3-5-12(8-13(10)17)16(20)19-9-11-4-6-15(21-2)14(18)7-11/h3-8H,9,18H2,1-2H3,(H,19,20). The van der Waals surface area contributed by atoms with Crippen LogP contribution in [0.15, 0.2) is 36.4 Å². The van der Waals surface area contributed by atoms with Crippen molar-refractivity contribution >= 4 is 11.6 Å². The third-order valence-corrected chi connectivity index (χ3v) is 3.18. The number of nitrogen functional groups attached to an aromatic ring is 1. The Morgan fingerprint density at radius 2 is 2.05 bits per heavy atom.